The molecule has 1 aliphatic rings. The van der Waals surface area contributed by atoms with Crippen molar-refractivity contribution in [3.63, 3.8) is 0 Å². The van der Waals surface area contributed by atoms with E-state index in [9.17, 15) is 14.4 Å². The minimum Gasteiger partial charge on any atom is -0.451 e. The van der Waals surface area contributed by atoms with E-state index in [4.69, 9.17) is 9.15 Å². The smallest absolute Gasteiger partial charge is 0.374 e. The van der Waals surface area contributed by atoms with Gasteiger partial charge < -0.3 is 14.5 Å². The van der Waals surface area contributed by atoms with Crippen molar-refractivity contribution in [3.8, 4) is 0 Å². The van der Waals surface area contributed by atoms with E-state index in [2.05, 4.69) is 5.32 Å². The van der Waals surface area contributed by atoms with Crippen molar-refractivity contribution in [3.05, 3.63) is 65.4 Å². The van der Waals surface area contributed by atoms with Crippen LogP contribution in [0.2, 0.25) is 0 Å². The van der Waals surface area contributed by atoms with Gasteiger partial charge in [-0.05, 0) is 42.3 Å². The summed E-state index contributed by atoms with van der Waals surface area (Å²) >= 11 is 0. The molecule has 2 heterocycles. The fraction of sp³-hybridized carbons (Fsp3) is 0.150. The van der Waals surface area contributed by atoms with Crippen molar-refractivity contribution >= 4 is 34.3 Å². The van der Waals surface area contributed by atoms with Crippen LogP contribution in [0.5, 0.6) is 0 Å². The molecule has 0 fully saturated rings. The monoisotopic (exact) mass is 349 g/mol. The summed E-state index contributed by atoms with van der Waals surface area (Å²) in [6, 6.07) is 13.9. The highest BCUT2D eigenvalue weighted by Crippen LogP contribution is 2.24. The van der Waals surface area contributed by atoms with E-state index in [0.29, 0.717) is 24.0 Å². The number of fused-ring (bicyclic) bond motifs is 2. The maximum atomic E-state index is 12.3. The Morgan fingerprint density at radius 2 is 1.92 bits per heavy atom. The summed E-state index contributed by atoms with van der Waals surface area (Å²) in [7, 11) is 0. The number of anilines is 1. The first-order valence-electron chi connectivity index (χ1n) is 8.22. The second-order valence-corrected chi connectivity index (χ2v) is 6.07. The second-order valence-electron chi connectivity index (χ2n) is 6.07. The molecule has 0 atom stereocenters. The predicted molar refractivity (Wildman–Crippen MR) is 94.2 cm³/mol. The first kappa shape index (κ1) is 16.1. The highest BCUT2D eigenvalue weighted by atomic mass is 16.5. The Balaban J connectivity index is 1.43. The molecule has 0 unspecified atom stereocenters. The number of hydrogen-bond acceptors (Lipinski definition) is 5. The first-order valence-corrected chi connectivity index (χ1v) is 8.22. The Kier molecular flexibility index (Phi) is 4.01. The zero-order valence-corrected chi connectivity index (χ0v) is 13.8. The lowest BCUT2D eigenvalue weighted by molar-refractivity contribution is -0.116. The van der Waals surface area contributed by atoms with Crippen molar-refractivity contribution in [2.24, 2.45) is 0 Å². The predicted octanol–water partition coefficient (Wildman–Crippen LogP) is 3.36. The van der Waals surface area contributed by atoms with Crippen LogP contribution in [-0.2, 0) is 16.0 Å². The number of benzene rings is 2. The lowest BCUT2D eigenvalue weighted by Gasteiger charge is -2.17. The van der Waals surface area contributed by atoms with Crippen LogP contribution in [0.1, 0.15) is 32.9 Å². The summed E-state index contributed by atoms with van der Waals surface area (Å²) in [5.74, 6) is -0.961. The van der Waals surface area contributed by atoms with Crippen molar-refractivity contribution < 1.29 is 23.5 Å². The number of ether oxygens (including phenoxy) is 1. The van der Waals surface area contributed by atoms with Gasteiger partial charge in [-0.1, -0.05) is 18.2 Å². The number of carbonyl (C=O) groups is 3. The molecule has 0 radical (unpaired) electrons. The molecule has 1 aromatic heterocycles. The van der Waals surface area contributed by atoms with Gasteiger partial charge in [-0.3, -0.25) is 9.59 Å². The summed E-state index contributed by atoms with van der Waals surface area (Å²) in [6.45, 7) is -0.374. The Labute approximate surface area is 148 Å². The van der Waals surface area contributed by atoms with Crippen LogP contribution in [0.4, 0.5) is 5.69 Å². The second kappa shape index (κ2) is 6.48. The number of rotatable bonds is 4. The molecule has 3 aromatic rings. The molecule has 130 valence electrons. The molecule has 0 saturated heterocycles. The van der Waals surface area contributed by atoms with Crippen LogP contribution in [0, 0.1) is 0 Å². The van der Waals surface area contributed by atoms with E-state index in [1.807, 2.05) is 18.2 Å². The molecule has 6 nitrogen and oxygen atoms in total. The number of nitrogens with one attached hydrogen (secondary N) is 1. The van der Waals surface area contributed by atoms with Crippen molar-refractivity contribution in [1.29, 1.82) is 0 Å². The molecule has 4 rings (SSSR count). The molecule has 2 aromatic carbocycles. The molecule has 0 aliphatic carbocycles. The molecule has 6 heteroatoms. The normalized spacial score (nSPS) is 13.2. The van der Waals surface area contributed by atoms with E-state index < -0.39 is 5.97 Å². The molecule has 26 heavy (non-hydrogen) atoms. The van der Waals surface area contributed by atoms with E-state index in [-0.39, 0.29) is 24.1 Å². The average molecular weight is 349 g/mol. The Morgan fingerprint density at radius 1 is 1.08 bits per heavy atom. The Bertz CT molecular complexity index is 1000. The molecular formula is C20H15NO5. The number of ketones is 1. The first-order chi connectivity index (χ1) is 12.6. The van der Waals surface area contributed by atoms with Gasteiger partial charge in [0.25, 0.3) is 0 Å². The number of hydrogen-bond donors (Lipinski definition) is 1. The Hall–Kier alpha value is -3.41. The van der Waals surface area contributed by atoms with Crippen LogP contribution >= 0.6 is 0 Å². The number of furan rings is 1. The zero-order valence-electron chi connectivity index (χ0n) is 13.8. The Morgan fingerprint density at radius 3 is 2.77 bits per heavy atom. The van der Waals surface area contributed by atoms with Gasteiger partial charge >= 0.3 is 5.97 Å². The van der Waals surface area contributed by atoms with Crippen molar-refractivity contribution in [2.45, 2.75) is 12.8 Å². The van der Waals surface area contributed by atoms with Crippen LogP contribution in [-0.4, -0.2) is 24.3 Å². The van der Waals surface area contributed by atoms with Crippen molar-refractivity contribution in [1.82, 2.24) is 0 Å². The standard InChI is InChI=1S/C20H15NO5/c22-16(13-5-7-15-12(9-13)6-8-19(23)21-15)11-25-20(24)18-10-14-3-1-2-4-17(14)26-18/h1-5,7,9-10H,6,8,11H2,(H,21,23). The number of para-hydroxylation sites is 1. The van der Waals surface area contributed by atoms with Gasteiger partial charge in [0.2, 0.25) is 11.7 Å². The molecule has 0 saturated carbocycles. The molecule has 1 amide bonds. The third kappa shape index (κ3) is 3.09. The van der Waals surface area contributed by atoms with E-state index in [0.717, 1.165) is 16.6 Å². The van der Waals surface area contributed by atoms with E-state index in [1.54, 1.807) is 30.3 Å². The summed E-state index contributed by atoms with van der Waals surface area (Å²) in [5, 5.41) is 3.56. The van der Waals surface area contributed by atoms with Gasteiger partial charge in [0.15, 0.2) is 12.4 Å². The average Bonchev–Trinajstić information content (AvgIpc) is 3.09. The van der Waals surface area contributed by atoms with E-state index >= 15 is 0 Å². The topological polar surface area (TPSA) is 85.6 Å². The number of esters is 1. The highest BCUT2D eigenvalue weighted by molar-refractivity contribution is 6.01. The largest absolute Gasteiger partial charge is 0.451 e. The SMILES string of the molecule is O=C1CCc2cc(C(=O)COC(=O)c3cc4ccccc4o3)ccc2N1. The number of carbonyl (C=O) groups excluding carboxylic acids is 3. The lowest BCUT2D eigenvalue weighted by Crippen LogP contribution is -2.20. The maximum absolute atomic E-state index is 12.3. The van der Waals surface area contributed by atoms with Crippen LogP contribution in [0.15, 0.2) is 52.9 Å². The molecule has 0 bridgehead atoms. The van der Waals surface area contributed by atoms with Gasteiger partial charge in [-0.25, -0.2) is 4.79 Å². The van der Waals surface area contributed by atoms with Crippen LogP contribution in [0.3, 0.4) is 0 Å². The third-order valence-corrected chi connectivity index (χ3v) is 4.28. The quantitative estimate of drug-likeness (QED) is 0.577. The third-order valence-electron chi connectivity index (χ3n) is 4.28. The minimum atomic E-state index is -0.681. The van der Waals surface area contributed by atoms with Gasteiger partial charge in [-0.15, -0.1) is 0 Å². The van der Waals surface area contributed by atoms with Crippen LogP contribution in [0.25, 0.3) is 11.0 Å². The summed E-state index contributed by atoms with van der Waals surface area (Å²) in [4.78, 5) is 35.8. The minimum absolute atomic E-state index is 0.0312. The summed E-state index contributed by atoms with van der Waals surface area (Å²) in [6.07, 6.45) is 0.979. The molecule has 1 aliphatic heterocycles. The number of amides is 1. The molecular weight excluding hydrogens is 334 g/mol. The molecule has 0 spiro atoms. The fourth-order valence-corrected chi connectivity index (χ4v) is 2.92. The van der Waals surface area contributed by atoms with Gasteiger partial charge in [0, 0.05) is 23.1 Å². The van der Waals surface area contributed by atoms with Gasteiger partial charge in [-0.2, -0.15) is 0 Å². The van der Waals surface area contributed by atoms with Gasteiger partial charge in [0.1, 0.15) is 5.58 Å². The van der Waals surface area contributed by atoms with E-state index in [1.165, 1.54) is 0 Å². The zero-order chi connectivity index (χ0) is 18.1. The molecule has 1 N–H and O–H groups in total. The highest BCUT2D eigenvalue weighted by Gasteiger charge is 2.19. The summed E-state index contributed by atoms with van der Waals surface area (Å²) < 4.78 is 10.5. The number of Topliss-reactive ketones (excluding diaryl/α,β-unsaturated/α-hetero) is 1. The van der Waals surface area contributed by atoms with Crippen LogP contribution < -0.4 is 5.32 Å². The summed E-state index contributed by atoms with van der Waals surface area (Å²) in [5.41, 5.74) is 2.65. The van der Waals surface area contributed by atoms with Gasteiger partial charge in [0.05, 0.1) is 0 Å². The number of aryl methyl sites for hydroxylation is 1. The maximum Gasteiger partial charge on any atom is 0.374 e. The lowest BCUT2D eigenvalue weighted by atomic mass is 9.99. The van der Waals surface area contributed by atoms with Crippen molar-refractivity contribution in [2.75, 3.05) is 11.9 Å². The fourth-order valence-electron chi connectivity index (χ4n) is 2.92.